The van der Waals surface area contributed by atoms with Gasteiger partial charge in [-0.1, -0.05) is 212 Å². The third-order valence-electron chi connectivity index (χ3n) is 12.7. The van der Waals surface area contributed by atoms with E-state index in [-0.39, 0.29) is 0 Å². The van der Waals surface area contributed by atoms with Gasteiger partial charge in [-0.05, 0) is 95.0 Å². The Morgan fingerprint density at radius 1 is 0.311 bits per heavy atom. The molecule has 0 saturated carbocycles. The Morgan fingerprint density at radius 2 is 0.885 bits per heavy atom. The van der Waals surface area contributed by atoms with Crippen LogP contribution in [0.1, 0.15) is 22.3 Å². The number of nitrogens with zero attached hydrogens (tertiary/aromatic N) is 2. The maximum absolute atomic E-state index is 5.47. The molecule has 2 heteroatoms. The number of rotatable bonds is 6. The second-order valence-electron chi connectivity index (χ2n) is 16.0. The van der Waals surface area contributed by atoms with Crippen molar-refractivity contribution in [2.24, 2.45) is 0 Å². The van der Waals surface area contributed by atoms with E-state index in [1.54, 1.807) is 0 Å². The molecule has 284 valence electrons. The first kappa shape index (κ1) is 35.0. The second kappa shape index (κ2) is 14.1. The van der Waals surface area contributed by atoms with Crippen LogP contribution in [-0.4, -0.2) is 9.97 Å². The molecule has 0 radical (unpaired) electrons. The van der Waals surface area contributed by atoms with Gasteiger partial charge in [0.2, 0.25) is 0 Å². The zero-order valence-electron chi connectivity index (χ0n) is 33.3. The second-order valence-corrected chi connectivity index (χ2v) is 16.0. The zero-order valence-corrected chi connectivity index (χ0v) is 33.3. The van der Waals surface area contributed by atoms with Crippen molar-refractivity contribution in [2.45, 2.75) is 5.41 Å². The molecule has 0 fully saturated rings. The molecule has 0 bridgehead atoms. The van der Waals surface area contributed by atoms with Crippen LogP contribution in [0, 0.1) is 0 Å². The van der Waals surface area contributed by atoms with Crippen molar-refractivity contribution >= 4 is 32.3 Å². The molecule has 0 N–H and O–H groups in total. The maximum atomic E-state index is 5.47. The van der Waals surface area contributed by atoms with Crippen LogP contribution in [0.4, 0.5) is 0 Å². The molecule has 61 heavy (non-hydrogen) atoms. The van der Waals surface area contributed by atoms with Crippen molar-refractivity contribution in [1.29, 1.82) is 0 Å². The van der Waals surface area contributed by atoms with Gasteiger partial charge in [-0.2, -0.15) is 0 Å². The molecule has 0 unspecified atom stereocenters. The molecule has 1 aromatic heterocycles. The molecular weight excluding hydrogens is 737 g/mol. The van der Waals surface area contributed by atoms with E-state index in [2.05, 4.69) is 224 Å². The van der Waals surface area contributed by atoms with E-state index < -0.39 is 5.41 Å². The van der Waals surface area contributed by atoms with Crippen molar-refractivity contribution in [3.8, 4) is 56.2 Å². The minimum absolute atomic E-state index is 0.581. The Morgan fingerprint density at radius 3 is 1.67 bits per heavy atom. The molecule has 1 heterocycles. The lowest BCUT2D eigenvalue weighted by molar-refractivity contribution is 0.769. The third-order valence-corrected chi connectivity index (χ3v) is 12.7. The maximum Gasteiger partial charge on any atom is 0.160 e. The molecule has 10 aromatic carbocycles. The highest BCUT2D eigenvalue weighted by molar-refractivity contribution is 6.20. The summed E-state index contributed by atoms with van der Waals surface area (Å²) in [4.78, 5) is 10.8. The van der Waals surface area contributed by atoms with E-state index >= 15 is 0 Å². The molecule has 0 amide bonds. The van der Waals surface area contributed by atoms with Gasteiger partial charge in [-0.25, -0.2) is 9.97 Å². The van der Waals surface area contributed by atoms with E-state index in [1.165, 1.54) is 71.3 Å². The number of benzene rings is 10. The van der Waals surface area contributed by atoms with Crippen LogP contribution in [0.3, 0.4) is 0 Å². The number of hydrogen-bond acceptors (Lipinski definition) is 2. The fraction of sp³-hybridized carbons (Fsp3) is 0.0169. The van der Waals surface area contributed by atoms with Crippen molar-refractivity contribution in [2.75, 3.05) is 0 Å². The summed E-state index contributed by atoms with van der Waals surface area (Å²) in [6.07, 6.45) is 0. The first-order chi connectivity index (χ1) is 30.3. The van der Waals surface area contributed by atoms with Gasteiger partial charge in [0.1, 0.15) is 0 Å². The van der Waals surface area contributed by atoms with Gasteiger partial charge in [-0.3, -0.25) is 0 Å². The number of hydrogen-bond donors (Lipinski definition) is 0. The van der Waals surface area contributed by atoms with Crippen LogP contribution in [0.2, 0.25) is 0 Å². The van der Waals surface area contributed by atoms with E-state index in [0.717, 1.165) is 33.6 Å². The summed E-state index contributed by atoms with van der Waals surface area (Å²) < 4.78 is 0. The van der Waals surface area contributed by atoms with Crippen molar-refractivity contribution in [3.05, 3.63) is 253 Å². The quantitative estimate of drug-likeness (QED) is 0.124. The van der Waals surface area contributed by atoms with Crippen LogP contribution in [-0.2, 0) is 5.41 Å². The minimum atomic E-state index is -0.581. The Hall–Kier alpha value is -7.94. The molecule has 0 spiro atoms. The standard InChI is InChI=1S/C59H38N2/c1-4-19-40(20-5-1)58-60-54(42-22-16-23-43(36-42)56-47-29-13-11-21-41(47)37-52-46-28-12-10-18-39(46)34-35-49(52)56)38-55(61-58)51-32-17-31-50-48-30-14-15-33-53(48)59(57(50)51,44-24-6-2-7-25-44)45-26-8-3-9-27-45/h1-38H. The lowest BCUT2D eigenvalue weighted by atomic mass is 9.66. The summed E-state index contributed by atoms with van der Waals surface area (Å²) in [7, 11) is 0. The lowest BCUT2D eigenvalue weighted by Crippen LogP contribution is -2.29. The molecular formula is C59H38N2. The van der Waals surface area contributed by atoms with E-state index in [4.69, 9.17) is 9.97 Å². The first-order valence-corrected chi connectivity index (χ1v) is 21.0. The molecule has 0 aliphatic heterocycles. The van der Waals surface area contributed by atoms with Crippen molar-refractivity contribution in [1.82, 2.24) is 9.97 Å². The zero-order chi connectivity index (χ0) is 40.3. The van der Waals surface area contributed by atoms with Crippen LogP contribution in [0.25, 0.3) is 88.5 Å². The molecule has 0 atom stereocenters. The van der Waals surface area contributed by atoms with Gasteiger partial charge in [0.15, 0.2) is 5.82 Å². The molecule has 11 aromatic rings. The average molecular weight is 775 g/mol. The van der Waals surface area contributed by atoms with E-state index in [9.17, 15) is 0 Å². The van der Waals surface area contributed by atoms with E-state index in [0.29, 0.717) is 5.82 Å². The Labute approximate surface area is 355 Å². The highest BCUT2D eigenvalue weighted by atomic mass is 14.9. The fourth-order valence-electron chi connectivity index (χ4n) is 10.1. The Kier molecular flexibility index (Phi) is 8.11. The highest BCUT2D eigenvalue weighted by Crippen LogP contribution is 2.58. The van der Waals surface area contributed by atoms with Crippen LogP contribution in [0.15, 0.2) is 231 Å². The normalized spacial score (nSPS) is 12.7. The number of aromatic nitrogens is 2. The lowest BCUT2D eigenvalue weighted by Gasteiger charge is -2.35. The smallest absolute Gasteiger partial charge is 0.160 e. The SMILES string of the molecule is c1ccc(-c2nc(-c3cccc(-c4c5ccccc5cc5c4ccc4ccccc45)c3)cc(-c3cccc4c3C(c3ccccc3)(c3ccccc3)c3ccccc3-4)n2)cc1. The third kappa shape index (κ3) is 5.50. The molecule has 1 aliphatic carbocycles. The summed E-state index contributed by atoms with van der Waals surface area (Å²) in [6.45, 7) is 0. The summed E-state index contributed by atoms with van der Waals surface area (Å²) in [5.74, 6) is 0.693. The molecule has 12 rings (SSSR count). The van der Waals surface area contributed by atoms with Gasteiger partial charge < -0.3 is 0 Å². The van der Waals surface area contributed by atoms with Gasteiger partial charge in [0.25, 0.3) is 0 Å². The Balaban J connectivity index is 1.12. The molecule has 2 nitrogen and oxygen atoms in total. The van der Waals surface area contributed by atoms with Gasteiger partial charge in [0.05, 0.1) is 16.8 Å². The highest BCUT2D eigenvalue weighted by Gasteiger charge is 2.47. The summed E-state index contributed by atoms with van der Waals surface area (Å²) in [6, 6.07) is 83.5. The van der Waals surface area contributed by atoms with Gasteiger partial charge in [0, 0.05) is 16.7 Å². The summed E-state index contributed by atoms with van der Waals surface area (Å²) in [5.41, 5.74) is 14.1. The molecule has 1 aliphatic rings. The van der Waals surface area contributed by atoms with Gasteiger partial charge in [-0.15, -0.1) is 0 Å². The largest absolute Gasteiger partial charge is 0.228 e. The van der Waals surface area contributed by atoms with Crippen molar-refractivity contribution < 1.29 is 0 Å². The Bertz CT molecular complexity index is 3420. The summed E-state index contributed by atoms with van der Waals surface area (Å²) in [5, 5.41) is 7.45. The predicted octanol–water partition coefficient (Wildman–Crippen LogP) is 15.0. The van der Waals surface area contributed by atoms with Crippen molar-refractivity contribution in [3.63, 3.8) is 0 Å². The van der Waals surface area contributed by atoms with E-state index in [1.807, 2.05) is 6.07 Å². The topological polar surface area (TPSA) is 25.8 Å². The average Bonchev–Trinajstić information content (AvgIpc) is 3.65. The van der Waals surface area contributed by atoms with Crippen LogP contribution < -0.4 is 0 Å². The first-order valence-electron chi connectivity index (χ1n) is 21.0. The molecule has 0 saturated heterocycles. The fourth-order valence-corrected chi connectivity index (χ4v) is 10.1. The van der Waals surface area contributed by atoms with Gasteiger partial charge >= 0.3 is 0 Å². The number of fused-ring (bicyclic) bond motifs is 7. The monoisotopic (exact) mass is 774 g/mol. The predicted molar refractivity (Wildman–Crippen MR) is 254 cm³/mol. The minimum Gasteiger partial charge on any atom is -0.228 e. The van der Waals surface area contributed by atoms with Crippen LogP contribution in [0.5, 0.6) is 0 Å². The summed E-state index contributed by atoms with van der Waals surface area (Å²) >= 11 is 0. The van der Waals surface area contributed by atoms with Crippen LogP contribution >= 0.6 is 0 Å².